The van der Waals surface area contributed by atoms with E-state index < -0.39 is 5.82 Å². The fourth-order valence-electron chi connectivity index (χ4n) is 1.77. The van der Waals surface area contributed by atoms with Gasteiger partial charge in [0.1, 0.15) is 5.82 Å². The molecule has 106 valence electrons. The van der Waals surface area contributed by atoms with E-state index in [-0.39, 0.29) is 16.3 Å². The third-order valence-electron chi connectivity index (χ3n) is 3.05. The van der Waals surface area contributed by atoms with Gasteiger partial charge in [-0.25, -0.2) is 4.39 Å². The zero-order chi connectivity index (χ0) is 14.5. The number of amides is 1. The SMILES string of the molecule is CC(C)(CCN)CCC(=O)Nc1ccc(F)c(Cl)c1. The minimum absolute atomic E-state index is 0.00117. The van der Waals surface area contributed by atoms with Crippen LogP contribution in [0.25, 0.3) is 0 Å². The summed E-state index contributed by atoms with van der Waals surface area (Å²) in [5, 5.41) is 2.70. The highest BCUT2D eigenvalue weighted by Gasteiger charge is 2.18. The van der Waals surface area contributed by atoms with Crippen molar-refractivity contribution >= 4 is 23.2 Å². The highest BCUT2D eigenvalue weighted by molar-refractivity contribution is 6.31. The summed E-state index contributed by atoms with van der Waals surface area (Å²) in [6, 6.07) is 4.13. The van der Waals surface area contributed by atoms with Gasteiger partial charge in [0.25, 0.3) is 0 Å². The third kappa shape index (κ3) is 5.57. The Balaban J connectivity index is 2.49. The molecule has 1 rings (SSSR count). The van der Waals surface area contributed by atoms with Gasteiger partial charge in [0.2, 0.25) is 5.91 Å². The Morgan fingerprint density at radius 2 is 2.11 bits per heavy atom. The standard InChI is InChI=1S/C14H20ClFN2O/c1-14(2,7-8-17)6-5-13(19)18-10-3-4-12(16)11(15)9-10/h3-4,9H,5-8,17H2,1-2H3,(H,18,19). The maximum Gasteiger partial charge on any atom is 0.224 e. The molecule has 0 aliphatic heterocycles. The van der Waals surface area contributed by atoms with Gasteiger partial charge in [-0.1, -0.05) is 25.4 Å². The Labute approximate surface area is 118 Å². The molecule has 0 saturated carbocycles. The molecule has 0 unspecified atom stereocenters. The smallest absolute Gasteiger partial charge is 0.224 e. The summed E-state index contributed by atoms with van der Waals surface area (Å²) in [6.07, 6.45) is 2.04. The van der Waals surface area contributed by atoms with Crippen molar-refractivity contribution in [2.45, 2.75) is 33.1 Å². The van der Waals surface area contributed by atoms with Crippen LogP contribution >= 0.6 is 11.6 Å². The van der Waals surface area contributed by atoms with Crippen LogP contribution in [-0.2, 0) is 4.79 Å². The van der Waals surface area contributed by atoms with E-state index in [1.54, 1.807) is 0 Å². The van der Waals surface area contributed by atoms with Crippen molar-refractivity contribution in [3.8, 4) is 0 Å². The lowest BCUT2D eigenvalue weighted by Crippen LogP contribution is -2.20. The molecule has 1 amide bonds. The van der Waals surface area contributed by atoms with Gasteiger partial charge in [-0.2, -0.15) is 0 Å². The predicted molar refractivity (Wildman–Crippen MR) is 76.7 cm³/mol. The van der Waals surface area contributed by atoms with Crippen LogP contribution in [0.4, 0.5) is 10.1 Å². The lowest BCUT2D eigenvalue weighted by Gasteiger charge is -2.23. The number of carbonyl (C=O) groups excluding carboxylic acids is 1. The van der Waals surface area contributed by atoms with Crippen molar-refractivity contribution in [3.63, 3.8) is 0 Å². The summed E-state index contributed by atoms with van der Waals surface area (Å²) in [7, 11) is 0. The summed E-state index contributed by atoms with van der Waals surface area (Å²) in [5.74, 6) is -0.600. The van der Waals surface area contributed by atoms with Crippen molar-refractivity contribution in [1.82, 2.24) is 0 Å². The molecule has 1 aromatic carbocycles. The van der Waals surface area contributed by atoms with Crippen LogP contribution in [0.5, 0.6) is 0 Å². The zero-order valence-corrected chi connectivity index (χ0v) is 12.1. The lowest BCUT2D eigenvalue weighted by molar-refractivity contribution is -0.116. The molecule has 0 aromatic heterocycles. The molecule has 0 atom stereocenters. The van der Waals surface area contributed by atoms with Gasteiger partial charge in [0, 0.05) is 12.1 Å². The fraction of sp³-hybridized carbons (Fsp3) is 0.500. The van der Waals surface area contributed by atoms with Crippen LogP contribution in [0.2, 0.25) is 5.02 Å². The van der Waals surface area contributed by atoms with Crippen molar-refractivity contribution in [3.05, 3.63) is 29.0 Å². The van der Waals surface area contributed by atoms with Crippen LogP contribution < -0.4 is 11.1 Å². The van der Waals surface area contributed by atoms with Crippen LogP contribution in [0, 0.1) is 11.2 Å². The largest absolute Gasteiger partial charge is 0.330 e. The maximum atomic E-state index is 13.0. The first-order chi connectivity index (χ1) is 8.84. The summed E-state index contributed by atoms with van der Waals surface area (Å²) in [6.45, 7) is 4.78. The Bertz CT molecular complexity index is 449. The van der Waals surface area contributed by atoms with Gasteiger partial charge in [0.05, 0.1) is 5.02 Å². The van der Waals surface area contributed by atoms with Gasteiger partial charge in [0.15, 0.2) is 0 Å². The number of halogens is 2. The van der Waals surface area contributed by atoms with Gasteiger partial charge in [-0.3, -0.25) is 4.79 Å². The number of hydrogen-bond donors (Lipinski definition) is 2. The Kier molecular flexibility index (Phi) is 5.76. The van der Waals surface area contributed by atoms with E-state index in [1.165, 1.54) is 18.2 Å². The molecule has 19 heavy (non-hydrogen) atoms. The number of carbonyl (C=O) groups is 1. The van der Waals surface area contributed by atoms with Crippen molar-refractivity contribution in [1.29, 1.82) is 0 Å². The second-order valence-electron chi connectivity index (χ2n) is 5.38. The molecular formula is C14H20ClFN2O. The van der Waals surface area contributed by atoms with Crippen molar-refractivity contribution in [2.75, 3.05) is 11.9 Å². The number of nitrogens with one attached hydrogen (secondary N) is 1. The van der Waals surface area contributed by atoms with Gasteiger partial charge in [-0.05, 0) is 43.0 Å². The molecule has 0 spiro atoms. The zero-order valence-electron chi connectivity index (χ0n) is 11.3. The van der Waals surface area contributed by atoms with Crippen LogP contribution in [0.15, 0.2) is 18.2 Å². The minimum Gasteiger partial charge on any atom is -0.330 e. The summed E-state index contributed by atoms with van der Waals surface area (Å²) >= 11 is 5.65. The Morgan fingerprint density at radius 3 is 2.68 bits per heavy atom. The van der Waals surface area contributed by atoms with E-state index >= 15 is 0 Å². The first kappa shape index (κ1) is 15.9. The maximum absolute atomic E-state index is 13.0. The number of rotatable bonds is 6. The number of nitrogens with two attached hydrogens (primary N) is 1. The summed E-state index contributed by atoms with van der Waals surface area (Å²) in [5.41, 5.74) is 6.08. The van der Waals surface area contributed by atoms with E-state index in [0.29, 0.717) is 18.7 Å². The highest BCUT2D eigenvalue weighted by Crippen LogP contribution is 2.26. The lowest BCUT2D eigenvalue weighted by atomic mass is 9.84. The van der Waals surface area contributed by atoms with E-state index in [9.17, 15) is 9.18 Å². The molecule has 0 saturated heterocycles. The molecule has 3 N–H and O–H groups in total. The Hall–Kier alpha value is -1.13. The summed E-state index contributed by atoms with van der Waals surface area (Å²) < 4.78 is 13.0. The first-order valence-corrected chi connectivity index (χ1v) is 6.67. The van der Waals surface area contributed by atoms with Gasteiger partial charge < -0.3 is 11.1 Å². The molecule has 1 aromatic rings. The normalized spacial score (nSPS) is 11.4. The van der Waals surface area contributed by atoms with E-state index in [2.05, 4.69) is 19.2 Å². The molecular weight excluding hydrogens is 267 g/mol. The van der Waals surface area contributed by atoms with E-state index in [1.807, 2.05) is 0 Å². The fourth-order valence-corrected chi connectivity index (χ4v) is 1.95. The second kappa shape index (κ2) is 6.87. The summed E-state index contributed by atoms with van der Waals surface area (Å²) in [4.78, 5) is 11.8. The number of hydrogen-bond acceptors (Lipinski definition) is 2. The Morgan fingerprint density at radius 1 is 1.42 bits per heavy atom. The highest BCUT2D eigenvalue weighted by atomic mass is 35.5. The monoisotopic (exact) mass is 286 g/mol. The topological polar surface area (TPSA) is 55.1 Å². The first-order valence-electron chi connectivity index (χ1n) is 6.29. The molecule has 0 bridgehead atoms. The number of anilines is 1. The molecule has 0 aliphatic rings. The van der Waals surface area contributed by atoms with Gasteiger partial charge >= 0.3 is 0 Å². The average molecular weight is 287 g/mol. The third-order valence-corrected chi connectivity index (χ3v) is 3.34. The second-order valence-corrected chi connectivity index (χ2v) is 5.79. The molecule has 5 heteroatoms. The van der Waals surface area contributed by atoms with Crippen LogP contribution in [-0.4, -0.2) is 12.5 Å². The predicted octanol–water partition coefficient (Wildman–Crippen LogP) is 3.57. The molecule has 0 radical (unpaired) electrons. The van der Waals surface area contributed by atoms with Crippen molar-refractivity contribution < 1.29 is 9.18 Å². The van der Waals surface area contributed by atoms with Crippen molar-refractivity contribution in [2.24, 2.45) is 11.1 Å². The molecule has 0 aliphatic carbocycles. The minimum atomic E-state index is -0.497. The molecule has 3 nitrogen and oxygen atoms in total. The van der Waals surface area contributed by atoms with E-state index in [0.717, 1.165) is 12.8 Å². The molecule has 0 fully saturated rings. The van der Waals surface area contributed by atoms with E-state index in [4.69, 9.17) is 17.3 Å². The quantitative estimate of drug-likeness (QED) is 0.840. The average Bonchev–Trinajstić information content (AvgIpc) is 2.32. The molecule has 0 heterocycles. The van der Waals surface area contributed by atoms with Gasteiger partial charge in [-0.15, -0.1) is 0 Å². The van der Waals surface area contributed by atoms with Crippen LogP contribution in [0.3, 0.4) is 0 Å². The van der Waals surface area contributed by atoms with Crippen LogP contribution in [0.1, 0.15) is 33.1 Å². The number of benzene rings is 1.